The van der Waals surface area contributed by atoms with Crippen LogP contribution in [0.2, 0.25) is 0 Å². The largest absolute Gasteiger partial charge is 0.382 e. The Kier molecular flexibility index (Phi) is 5.65. The van der Waals surface area contributed by atoms with Gasteiger partial charge in [-0.3, -0.25) is 4.79 Å². The second-order valence-corrected chi connectivity index (χ2v) is 8.64. The molecular weight excluding hydrogens is 409 g/mol. The van der Waals surface area contributed by atoms with Crippen LogP contribution in [0.25, 0.3) is 0 Å². The van der Waals surface area contributed by atoms with Crippen molar-refractivity contribution in [1.82, 2.24) is 5.32 Å². The molecular formula is C19H17F3N2O4S. The summed E-state index contributed by atoms with van der Waals surface area (Å²) in [5.74, 6) is -2.84. The zero-order valence-corrected chi connectivity index (χ0v) is 16.3. The zero-order valence-electron chi connectivity index (χ0n) is 15.4. The summed E-state index contributed by atoms with van der Waals surface area (Å²) in [5, 5.41) is 6.27. The van der Waals surface area contributed by atoms with Crippen molar-refractivity contribution in [2.45, 2.75) is 30.4 Å². The molecule has 0 spiro atoms. The second kappa shape index (κ2) is 7.86. The van der Waals surface area contributed by atoms with Gasteiger partial charge < -0.3 is 10.2 Å². The van der Waals surface area contributed by atoms with Crippen molar-refractivity contribution in [3.63, 3.8) is 0 Å². The highest BCUT2D eigenvalue weighted by Crippen LogP contribution is 2.23. The summed E-state index contributed by atoms with van der Waals surface area (Å²) in [5.41, 5.74) is 0.351. The van der Waals surface area contributed by atoms with E-state index in [9.17, 15) is 26.4 Å². The van der Waals surface area contributed by atoms with Crippen LogP contribution in [0.1, 0.15) is 30.5 Å². The normalized spacial score (nSPS) is 17.4. The summed E-state index contributed by atoms with van der Waals surface area (Å²) in [6, 6.07) is 5.77. The summed E-state index contributed by atoms with van der Waals surface area (Å²) in [6.07, 6.45) is -0.234. The van der Waals surface area contributed by atoms with Gasteiger partial charge in [0.1, 0.15) is 22.3 Å². The fraction of sp³-hybridized carbons (Fsp3) is 0.263. The van der Waals surface area contributed by atoms with Crippen molar-refractivity contribution in [2.24, 2.45) is 5.16 Å². The van der Waals surface area contributed by atoms with Crippen LogP contribution in [0.15, 0.2) is 46.4 Å². The Morgan fingerprint density at radius 1 is 1.17 bits per heavy atom. The lowest BCUT2D eigenvalue weighted by atomic mass is 10.0. The van der Waals surface area contributed by atoms with Gasteiger partial charge in [0, 0.05) is 18.2 Å². The lowest BCUT2D eigenvalue weighted by molar-refractivity contribution is -0.131. The summed E-state index contributed by atoms with van der Waals surface area (Å²) in [6.45, 7) is 1.58. The minimum absolute atomic E-state index is 0.0691. The first-order valence-electron chi connectivity index (χ1n) is 8.54. The van der Waals surface area contributed by atoms with Crippen LogP contribution in [0.5, 0.6) is 0 Å². The Hall–Kier alpha value is -2.88. The summed E-state index contributed by atoms with van der Waals surface area (Å²) in [7, 11) is -3.71. The topological polar surface area (TPSA) is 84.8 Å². The minimum Gasteiger partial charge on any atom is -0.382 e. The van der Waals surface area contributed by atoms with Crippen molar-refractivity contribution in [3.05, 3.63) is 65.0 Å². The minimum atomic E-state index is -3.71. The first-order chi connectivity index (χ1) is 13.6. The maximum atomic E-state index is 14.1. The molecule has 0 bridgehead atoms. The number of hydrogen-bond donors (Lipinski definition) is 1. The first-order valence-corrected chi connectivity index (χ1v) is 10.4. The third kappa shape index (κ3) is 4.58. The number of benzene rings is 2. The fourth-order valence-electron chi connectivity index (χ4n) is 2.87. The highest BCUT2D eigenvalue weighted by Gasteiger charge is 2.31. The molecule has 1 N–H and O–H groups in total. The average molecular weight is 426 g/mol. The Balaban J connectivity index is 1.67. The molecule has 1 heterocycles. The van der Waals surface area contributed by atoms with Gasteiger partial charge in [-0.2, -0.15) is 0 Å². The molecule has 2 atom stereocenters. The molecule has 1 aliphatic rings. The number of carbonyl (C=O) groups excluding carboxylic acids is 1. The molecule has 0 saturated carbocycles. The van der Waals surface area contributed by atoms with Gasteiger partial charge in [-0.05, 0) is 42.8 Å². The highest BCUT2D eigenvalue weighted by atomic mass is 32.2. The number of oxime groups is 1. The Bertz CT molecular complexity index is 1100. The van der Waals surface area contributed by atoms with Crippen molar-refractivity contribution >= 4 is 21.5 Å². The molecule has 154 valence electrons. The Morgan fingerprint density at radius 3 is 2.55 bits per heavy atom. The maximum absolute atomic E-state index is 14.1. The van der Waals surface area contributed by atoms with E-state index in [1.54, 1.807) is 6.92 Å². The monoisotopic (exact) mass is 426 g/mol. The number of carbonyl (C=O) groups is 1. The molecule has 1 amide bonds. The molecule has 0 aromatic heterocycles. The molecule has 0 fully saturated rings. The number of nitrogens with one attached hydrogen (secondary N) is 1. The summed E-state index contributed by atoms with van der Waals surface area (Å²) >= 11 is 0. The lowest BCUT2D eigenvalue weighted by Gasteiger charge is -2.17. The van der Waals surface area contributed by atoms with Crippen LogP contribution in [0.3, 0.4) is 0 Å². The first kappa shape index (κ1) is 20.8. The van der Waals surface area contributed by atoms with Gasteiger partial charge in [-0.25, -0.2) is 21.6 Å². The van der Waals surface area contributed by atoms with Gasteiger partial charge in [0.15, 0.2) is 9.84 Å². The van der Waals surface area contributed by atoms with Crippen LogP contribution < -0.4 is 5.32 Å². The van der Waals surface area contributed by atoms with E-state index in [0.717, 1.165) is 36.6 Å². The highest BCUT2D eigenvalue weighted by molar-refractivity contribution is 7.90. The van der Waals surface area contributed by atoms with Crippen molar-refractivity contribution in [3.8, 4) is 0 Å². The van der Waals surface area contributed by atoms with E-state index in [0.29, 0.717) is 5.56 Å². The average Bonchev–Trinajstić information content (AvgIpc) is 3.12. The lowest BCUT2D eigenvalue weighted by Crippen LogP contribution is -2.36. The van der Waals surface area contributed by atoms with Gasteiger partial charge in [-0.15, -0.1) is 0 Å². The molecule has 0 aliphatic carbocycles. The van der Waals surface area contributed by atoms with Gasteiger partial charge in [-0.1, -0.05) is 11.2 Å². The Morgan fingerprint density at radius 2 is 1.90 bits per heavy atom. The van der Waals surface area contributed by atoms with Crippen LogP contribution >= 0.6 is 0 Å². The predicted molar refractivity (Wildman–Crippen MR) is 98.5 cm³/mol. The molecule has 10 heteroatoms. The smallest absolute Gasteiger partial charge is 0.264 e. The zero-order chi connectivity index (χ0) is 21.3. The third-order valence-corrected chi connectivity index (χ3v) is 5.54. The number of rotatable bonds is 5. The third-order valence-electron chi connectivity index (χ3n) is 4.41. The molecule has 1 aliphatic heterocycles. The standard InChI is InChI=1S/C19H17F3N2O4S/c1-10(11-3-6-18(15(22)7-11)29(2,26)27)23-19(25)17-9-16(24-28-17)13-8-12(20)4-5-14(13)21/h3-8,10,17H,9H2,1-2H3,(H,23,25)/t10-,17-/m0/s1. The van der Waals surface area contributed by atoms with E-state index < -0.39 is 50.2 Å². The van der Waals surface area contributed by atoms with E-state index in [1.165, 1.54) is 6.07 Å². The predicted octanol–water partition coefficient (Wildman–Crippen LogP) is 2.88. The molecule has 29 heavy (non-hydrogen) atoms. The fourth-order valence-corrected chi connectivity index (χ4v) is 3.60. The summed E-state index contributed by atoms with van der Waals surface area (Å²) < 4.78 is 64.2. The molecule has 0 saturated heterocycles. The Labute approximate surface area is 165 Å². The van der Waals surface area contributed by atoms with Crippen LogP contribution in [-0.2, 0) is 19.5 Å². The summed E-state index contributed by atoms with van der Waals surface area (Å²) in [4.78, 5) is 17.0. The van der Waals surface area contributed by atoms with Gasteiger partial charge in [0.25, 0.3) is 5.91 Å². The van der Waals surface area contributed by atoms with Crippen LogP contribution in [-0.4, -0.2) is 32.4 Å². The van der Waals surface area contributed by atoms with Crippen molar-refractivity contribution in [1.29, 1.82) is 0 Å². The molecule has 3 rings (SSSR count). The van der Waals surface area contributed by atoms with Crippen LogP contribution in [0, 0.1) is 17.5 Å². The van der Waals surface area contributed by atoms with Crippen molar-refractivity contribution < 1.29 is 31.2 Å². The molecule has 0 unspecified atom stereocenters. The van der Waals surface area contributed by atoms with Crippen molar-refractivity contribution in [2.75, 3.05) is 6.26 Å². The van der Waals surface area contributed by atoms with Gasteiger partial charge in [0.05, 0.1) is 11.8 Å². The van der Waals surface area contributed by atoms with E-state index >= 15 is 0 Å². The number of halogens is 3. The number of amides is 1. The van der Waals surface area contributed by atoms with Gasteiger partial charge in [0.2, 0.25) is 6.10 Å². The maximum Gasteiger partial charge on any atom is 0.264 e. The van der Waals surface area contributed by atoms with E-state index in [-0.39, 0.29) is 17.7 Å². The molecule has 2 aromatic carbocycles. The molecule has 0 radical (unpaired) electrons. The van der Waals surface area contributed by atoms with E-state index in [2.05, 4.69) is 10.5 Å². The molecule has 6 nitrogen and oxygen atoms in total. The van der Waals surface area contributed by atoms with Gasteiger partial charge >= 0.3 is 0 Å². The number of sulfone groups is 1. The van der Waals surface area contributed by atoms with E-state index in [1.807, 2.05) is 0 Å². The SMILES string of the molecule is C[C@H](NC(=O)[C@@H]1CC(c2cc(F)ccc2F)=NO1)c1ccc(S(C)(=O)=O)c(F)c1. The number of nitrogens with zero attached hydrogens (tertiary/aromatic N) is 1. The molecule has 2 aromatic rings. The van der Waals surface area contributed by atoms with E-state index in [4.69, 9.17) is 4.84 Å². The number of hydrogen-bond acceptors (Lipinski definition) is 5. The van der Waals surface area contributed by atoms with Crippen LogP contribution in [0.4, 0.5) is 13.2 Å². The quantitative estimate of drug-likeness (QED) is 0.797. The second-order valence-electron chi connectivity index (χ2n) is 6.65.